The van der Waals surface area contributed by atoms with Gasteiger partial charge in [-0.25, -0.2) is 15.0 Å². The first-order valence-corrected chi connectivity index (χ1v) is 26.0. The molecule has 2 aliphatic carbocycles. The van der Waals surface area contributed by atoms with Crippen LogP contribution in [-0.4, -0.2) is 24.1 Å². The van der Waals surface area contributed by atoms with Gasteiger partial charge in [0.1, 0.15) is 0 Å². The van der Waals surface area contributed by atoms with Gasteiger partial charge in [-0.3, -0.25) is 0 Å². The Kier molecular flexibility index (Phi) is 10.8. The summed E-state index contributed by atoms with van der Waals surface area (Å²) in [5.74, 6) is 1.91. The van der Waals surface area contributed by atoms with E-state index in [1.54, 1.807) is 0 Å². The van der Waals surface area contributed by atoms with Gasteiger partial charge in [-0.2, -0.15) is 0 Å². The molecule has 0 spiro atoms. The summed E-state index contributed by atoms with van der Waals surface area (Å²) in [6.45, 7) is 2.40. The maximum Gasteiger partial charge on any atom is 0.164 e. The first-order chi connectivity index (χ1) is 37.1. The van der Waals surface area contributed by atoms with Crippen molar-refractivity contribution in [3.63, 3.8) is 0 Å². The van der Waals surface area contributed by atoms with Gasteiger partial charge in [0.05, 0.1) is 22.3 Å². The molecule has 356 valence electrons. The zero-order chi connectivity index (χ0) is 49.9. The molecule has 0 aliphatic heterocycles. The van der Waals surface area contributed by atoms with Crippen molar-refractivity contribution in [1.29, 1.82) is 0 Å². The lowest BCUT2D eigenvalue weighted by molar-refractivity contribution is 0.415. The number of nitrogens with zero attached hydrogens (tertiary/aromatic N) is 5. The van der Waals surface area contributed by atoms with Crippen LogP contribution in [0.1, 0.15) is 32.0 Å². The van der Waals surface area contributed by atoms with Crippen LogP contribution in [0.2, 0.25) is 0 Å². The highest BCUT2D eigenvalue weighted by Gasteiger charge is 2.37. The average Bonchev–Trinajstić information content (AvgIpc) is 4.07. The molecule has 0 saturated carbocycles. The van der Waals surface area contributed by atoms with Crippen LogP contribution in [0.5, 0.6) is 0 Å². The summed E-state index contributed by atoms with van der Waals surface area (Å²) < 4.78 is 5.00. The van der Waals surface area contributed by atoms with Crippen LogP contribution in [-0.2, 0) is 5.54 Å². The van der Waals surface area contributed by atoms with Crippen LogP contribution in [0.3, 0.4) is 0 Å². The van der Waals surface area contributed by atoms with E-state index in [2.05, 4.69) is 265 Å². The van der Waals surface area contributed by atoms with E-state index >= 15 is 0 Å². The van der Waals surface area contributed by atoms with Crippen molar-refractivity contribution in [3.8, 4) is 61.8 Å². The van der Waals surface area contributed by atoms with Crippen LogP contribution < -0.4 is 0 Å². The minimum absolute atomic E-state index is 0.405. The topological polar surface area (TPSA) is 48.5 Å². The van der Waals surface area contributed by atoms with Gasteiger partial charge in [0.25, 0.3) is 0 Å². The van der Waals surface area contributed by atoms with Gasteiger partial charge in [-0.05, 0) is 120 Å². The molecule has 1 unspecified atom stereocenters. The molecule has 2 aliphatic rings. The lowest BCUT2D eigenvalue weighted by atomic mass is 9.77. The number of para-hydroxylation sites is 4. The van der Waals surface area contributed by atoms with E-state index in [1.165, 1.54) is 54.9 Å². The third kappa shape index (κ3) is 7.66. The van der Waals surface area contributed by atoms with Crippen LogP contribution >= 0.6 is 0 Å². The Bertz CT molecular complexity index is 4230. The molecule has 12 aromatic rings. The second-order valence-electron chi connectivity index (χ2n) is 20.0. The van der Waals surface area contributed by atoms with Crippen molar-refractivity contribution in [2.75, 3.05) is 0 Å². The summed E-state index contributed by atoms with van der Waals surface area (Å²) in [5.41, 5.74) is 17.6. The summed E-state index contributed by atoms with van der Waals surface area (Å²) in [5, 5.41) is 4.97. The van der Waals surface area contributed by atoms with Crippen molar-refractivity contribution >= 4 is 49.2 Å². The van der Waals surface area contributed by atoms with Crippen molar-refractivity contribution in [3.05, 3.63) is 272 Å². The summed E-state index contributed by atoms with van der Waals surface area (Å²) in [6.07, 6.45) is 14.5. The lowest BCUT2D eigenvalue weighted by Gasteiger charge is -2.39. The molecule has 75 heavy (non-hydrogen) atoms. The third-order valence-electron chi connectivity index (χ3n) is 15.5. The predicted molar refractivity (Wildman–Crippen MR) is 312 cm³/mol. The second kappa shape index (κ2) is 18.2. The molecule has 0 saturated heterocycles. The zero-order valence-electron chi connectivity index (χ0n) is 41.6. The maximum atomic E-state index is 5.45. The molecule has 3 heterocycles. The average molecular weight is 962 g/mol. The Labute approximate surface area is 436 Å². The Balaban J connectivity index is 0.940. The maximum absolute atomic E-state index is 5.45. The van der Waals surface area contributed by atoms with Gasteiger partial charge in [-0.15, -0.1) is 0 Å². The normalized spacial score (nSPS) is 15.6. The Morgan fingerprint density at radius 1 is 0.387 bits per heavy atom. The molecule has 3 aromatic heterocycles. The lowest BCUT2D eigenvalue weighted by Crippen LogP contribution is -2.34. The fourth-order valence-electron chi connectivity index (χ4n) is 11.8. The summed E-state index contributed by atoms with van der Waals surface area (Å²) >= 11 is 0. The van der Waals surface area contributed by atoms with Crippen LogP contribution in [0.15, 0.2) is 266 Å². The van der Waals surface area contributed by atoms with Crippen LogP contribution in [0, 0.1) is 0 Å². The number of benzene rings is 9. The van der Waals surface area contributed by atoms with E-state index in [9.17, 15) is 0 Å². The molecule has 5 heteroatoms. The number of rotatable bonds is 9. The quantitative estimate of drug-likeness (QED) is 0.145. The summed E-state index contributed by atoms with van der Waals surface area (Å²) in [6, 6.07) is 80.6. The third-order valence-corrected chi connectivity index (χ3v) is 15.5. The number of hydrogen-bond donors (Lipinski definition) is 0. The predicted octanol–water partition coefficient (Wildman–Crippen LogP) is 17.8. The van der Waals surface area contributed by atoms with Gasteiger partial charge >= 0.3 is 0 Å². The van der Waals surface area contributed by atoms with Crippen molar-refractivity contribution in [1.82, 2.24) is 24.1 Å². The van der Waals surface area contributed by atoms with Crippen molar-refractivity contribution in [2.45, 2.75) is 31.7 Å². The molecule has 14 rings (SSSR count). The molecular formula is C70H51N5. The van der Waals surface area contributed by atoms with Gasteiger partial charge in [0, 0.05) is 54.8 Å². The highest BCUT2D eigenvalue weighted by Crippen LogP contribution is 2.47. The number of aromatic nitrogens is 5. The van der Waals surface area contributed by atoms with E-state index < -0.39 is 5.54 Å². The SMILES string of the molecule is CC1(n2c3ccccc3c3ccccc32)CC=C(c2nc(-c3ccccc3)nc(-c3cccc(-c4cc(-c5cccc(-c6ccccc6)c5)ccc4-n4c5ccccc5c5ccccc54)c3)n2)C=C1C1=CCCC=C1. The molecule has 0 bridgehead atoms. The van der Waals surface area contributed by atoms with Gasteiger partial charge in [0.15, 0.2) is 17.5 Å². The summed E-state index contributed by atoms with van der Waals surface area (Å²) in [7, 11) is 0. The molecule has 9 aromatic carbocycles. The molecule has 0 N–H and O–H groups in total. The highest BCUT2D eigenvalue weighted by molar-refractivity contribution is 6.10. The van der Waals surface area contributed by atoms with E-state index in [0.29, 0.717) is 17.5 Å². The van der Waals surface area contributed by atoms with Gasteiger partial charge < -0.3 is 9.13 Å². The Morgan fingerprint density at radius 3 is 1.52 bits per heavy atom. The standard InChI is InChI=1S/C70H51N5/c1-70(75-65-37-17-13-33-58(65)59-34-14-18-38-66(59)75)42-41-55(46-61(70)48-23-7-3-8-24-48)69-72-67(49-25-9-4-10-26-49)71-68(73-69)54-30-20-29-53(44-54)60-45-52(51-28-19-27-50(43-51)47-21-5-2-6-22-47)39-40-64(60)74-62-35-15-11-31-56(62)57-32-12-16-36-63(57)74/h2,4-7,9-41,43-46H,3,8,42H2,1H3. The molecular weight excluding hydrogens is 911 g/mol. The smallest absolute Gasteiger partial charge is 0.164 e. The second-order valence-corrected chi connectivity index (χ2v) is 20.0. The Hall–Kier alpha value is -9.45. The zero-order valence-corrected chi connectivity index (χ0v) is 41.6. The fourth-order valence-corrected chi connectivity index (χ4v) is 11.8. The van der Waals surface area contributed by atoms with E-state index in [1.807, 2.05) is 6.07 Å². The first-order valence-electron chi connectivity index (χ1n) is 26.0. The fraction of sp³-hybridized carbons (Fsp3) is 0.0714. The first kappa shape index (κ1) is 44.3. The number of allylic oxidation sites excluding steroid dienone is 8. The molecule has 0 fully saturated rings. The van der Waals surface area contributed by atoms with Crippen molar-refractivity contribution in [2.24, 2.45) is 0 Å². The molecule has 1 atom stereocenters. The highest BCUT2D eigenvalue weighted by atomic mass is 15.1. The number of fused-ring (bicyclic) bond motifs is 6. The van der Waals surface area contributed by atoms with Crippen LogP contribution in [0.4, 0.5) is 0 Å². The molecule has 0 radical (unpaired) electrons. The van der Waals surface area contributed by atoms with Crippen LogP contribution in [0.25, 0.3) is 111 Å². The van der Waals surface area contributed by atoms with E-state index in [4.69, 9.17) is 15.0 Å². The minimum Gasteiger partial charge on any atom is -0.330 e. The van der Waals surface area contributed by atoms with E-state index in [-0.39, 0.29) is 0 Å². The minimum atomic E-state index is -0.405. The van der Waals surface area contributed by atoms with Crippen molar-refractivity contribution < 1.29 is 0 Å². The largest absolute Gasteiger partial charge is 0.330 e. The molecule has 5 nitrogen and oxygen atoms in total. The number of hydrogen-bond acceptors (Lipinski definition) is 3. The van der Waals surface area contributed by atoms with Gasteiger partial charge in [0.2, 0.25) is 0 Å². The summed E-state index contributed by atoms with van der Waals surface area (Å²) in [4.78, 5) is 16.1. The van der Waals surface area contributed by atoms with Gasteiger partial charge in [-0.1, -0.05) is 200 Å². The van der Waals surface area contributed by atoms with E-state index in [0.717, 1.165) is 74.9 Å². The monoisotopic (exact) mass is 961 g/mol. The Morgan fingerprint density at radius 2 is 0.880 bits per heavy atom. The molecule has 0 amide bonds.